The molecule has 0 N–H and O–H groups in total. The molecule has 0 saturated carbocycles. The predicted octanol–water partition coefficient (Wildman–Crippen LogP) is 5.40. The summed E-state index contributed by atoms with van der Waals surface area (Å²) in [6.07, 6.45) is 2.52. The summed E-state index contributed by atoms with van der Waals surface area (Å²) in [5, 5.41) is 13.5. The number of likely N-dealkylation sites (tertiary alicyclic amines) is 1. The highest BCUT2D eigenvalue weighted by Gasteiger charge is 2.51. The van der Waals surface area contributed by atoms with Gasteiger partial charge in [-0.2, -0.15) is 5.26 Å². The summed E-state index contributed by atoms with van der Waals surface area (Å²) in [6, 6.07) is 30.2. The first kappa shape index (κ1) is 23.7. The summed E-state index contributed by atoms with van der Waals surface area (Å²) in [5.74, 6) is 0.747. The van der Waals surface area contributed by atoms with Gasteiger partial charge in [-0.15, -0.1) is 0 Å². The van der Waals surface area contributed by atoms with Gasteiger partial charge in [-0.25, -0.2) is 0 Å². The first-order valence-electron chi connectivity index (χ1n) is 11.6. The minimum Gasteiger partial charge on any atom is -0.497 e. The van der Waals surface area contributed by atoms with Crippen LogP contribution in [-0.4, -0.2) is 37.0 Å². The molecule has 34 heavy (non-hydrogen) atoms. The van der Waals surface area contributed by atoms with E-state index >= 15 is 0 Å². The van der Waals surface area contributed by atoms with Crippen molar-refractivity contribution in [3.8, 4) is 11.8 Å². The lowest BCUT2D eigenvalue weighted by molar-refractivity contribution is 0.102. The zero-order valence-corrected chi connectivity index (χ0v) is 20.7. The number of allylic oxidation sites excluding steroid dienone is 2. The third kappa shape index (κ3) is 4.63. The van der Waals surface area contributed by atoms with Gasteiger partial charge in [-0.1, -0.05) is 36.4 Å². The summed E-state index contributed by atoms with van der Waals surface area (Å²) in [7, 11) is -0.950. The number of ether oxygens (including phenoxy) is 1. The number of hydrogen-bond acceptors (Lipinski definition) is 4. The lowest BCUT2D eigenvalue weighted by Crippen LogP contribution is -2.31. The highest BCUT2D eigenvalue weighted by molar-refractivity contribution is 7.93. The molecule has 5 heteroatoms. The molecule has 0 atom stereocenters. The van der Waals surface area contributed by atoms with Gasteiger partial charge in [0.25, 0.3) is 0 Å². The fraction of sp³-hybridized carbons (Fsp3) is 0.241. The van der Waals surface area contributed by atoms with Gasteiger partial charge in [0.1, 0.15) is 35.9 Å². The molecule has 1 heterocycles. The van der Waals surface area contributed by atoms with E-state index in [1.807, 2.05) is 60.7 Å². The molecule has 4 nitrogen and oxygen atoms in total. The molecular weight excluding hydrogens is 439 g/mol. The Morgan fingerprint density at radius 1 is 0.912 bits per heavy atom. The van der Waals surface area contributed by atoms with Gasteiger partial charge >= 0.3 is 0 Å². The zero-order valence-electron chi connectivity index (χ0n) is 19.8. The fourth-order valence-corrected chi connectivity index (χ4v) is 8.94. The molecular formula is C29H30N2O2P+. The van der Waals surface area contributed by atoms with Crippen LogP contribution in [-0.2, 0) is 0 Å². The number of rotatable bonds is 8. The Balaban J connectivity index is 1.94. The second-order valence-electron chi connectivity index (χ2n) is 8.53. The number of benzene rings is 3. The number of methoxy groups -OCH3 is 1. The van der Waals surface area contributed by atoms with Crippen molar-refractivity contribution < 1.29 is 9.53 Å². The molecule has 3 aromatic carbocycles. The van der Waals surface area contributed by atoms with Gasteiger partial charge in [0.05, 0.1) is 12.8 Å². The SMILES string of the molecule is COc1ccc(C(=O)C[P+](/C(C#N)=C(/C)N2CCCC2)(c2ccccc2)c2ccccc2)cc1. The summed E-state index contributed by atoms with van der Waals surface area (Å²) in [4.78, 5) is 16.1. The van der Waals surface area contributed by atoms with Crippen molar-refractivity contribution in [2.45, 2.75) is 19.8 Å². The number of carbonyl (C=O) groups excluding carboxylic acids is 1. The van der Waals surface area contributed by atoms with Crippen LogP contribution in [0.3, 0.4) is 0 Å². The van der Waals surface area contributed by atoms with E-state index in [-0.39, 0.29) is 11.9 Å². The van der Waals surface area contributed by atoms with Crippen molar-refractivity contribution in [3.63, 3.8) is 0 Å². The predicted molar refractivity (Wildman–Crippen MR) is 140 cm³/mol. The van der Waals surface area contributed by atoms with Crippen LogP contribution in [0.4, 0.5) is 0 Å². The van der Waals surface area contributed by atoms with Crippen molar-refractivity contribution in [3.05, 3.63) is 102 Å². The second kappa shape index (κ2) is 10.7. The quantitative estimate of drug-likeness (QED) is 0.252. The van der Waals surface area contributed by atoms with Gasteiger partial charge in [-0.05, 0) is 68.3 Å². The summed E-state index contributed by atoms with van der Waals surface area (Å²) in [6.45, 7) is 3.96. The molecule has 0 spiro atoms. The molecule has 0 bridgehead atoms. The molecule has 0 aromatic heterocycles. The fourth-order valence-electron chi connectivity index (χ4n) is 4.76. The average molecular weight is 470 g/mol. The highest BCUT2D eigenvalue weighted by Crippen LogP contribution is 2.64. The molecule has 172 valence electrons. The number of ketones is 1. The molecule has 3 aromatic rings. The summed E-state index contributed by atoms with van der Waals surface area (Å²) < 4.78 is 5.27. The topological polar surface area (TPSA) is 53.3 Å². The normalized spacial score (nSPS) is 14.3. The Morgan fingerprint density at radius 2 is 1.44 bits per heavy atom. The van der Waals surface area contributed by atoms with E-state index in [0.717, 1.165) is 47.6 Å². The monoisotopic (exact) mass is 469 g/mol. The number of Topliss-reactive ketones (excluding diaryl/α,β-unsaturated/α-hetero) is 1. The third-order valence-electron chi connectivity index (χ3n) is 6.60. The van der Waals surface area contributed by atoms with Gasteiger partial charge in [0.15, 0.2) is 5.31 Å². The van der Waals surface area contributed by atoms with E-state index in [4.69, 9.17) is 4.74 Å². The maximum Gasteiger partial charge on any atom is 0.201 e. The lowest BCUT2D eigenvalue weighted by Gasteiger charge is -2.29. The first-order chi connectivity index (χ1) is 16.6. The van der Waals surface area contributed by atoms with E-state index in [2.05, 4.69) is 42.2 Å². The molecule has 1 aliphatic heterocycles. The van der Waals surface area contributed by atoms with Crippen LogP contribution in [0, 0.1) is 11.3 Å². The Hall–Kier alpha value is -3.41. The van der Waals surface area contributed by atoms with Crippen LogP contribution < -0.4 is 15.3 Å². The van der Waals surface area contributed by atoms with Gasteiger partial charge in [0.2, 0.25) is 5.78 Å². The van der Waals surface area contributed by atoms with Crippen LogP contribution in [0.2, 0.25) is 0 Å². The van der Waals surface area contributed by atoms with Crippen LogP contribution in [0.5, 0.6) is 5.75 Å². The third-order valence-corrected chi connectivity index (χ3v) is 10.9. The molecule has 0 aliphatic carbocycles. The van der Waals surface area contributed by atoms with E-state index in [1.165, 1.54) is 0 Å². The molecule has 4 rings (SSSR count). The van der Waals surface area contributed by atoms with Crippen LogP contribution in [0.25, 0.3) is 0 Å². The molecule has 1 aliphatic rings. The zero-order chi connectivity index (χ0) is 24.0. The Kier molecular flexibility index (Phi) is 7.46. The molecule has 1 fully saturated rings. The van der Waals surface area contributed by atoms with Crippen molar-refractivity contribution in [2.75, 3.05) is 26.4 Å². The Morgan fingerprint density at radius 3 is 1.91 bits per heavy atom. The van der Waals surface area contributed by atoms with Gasteiger partial charge < -0.3 is 9.64 Å². The maximum absolute atomic E-state index is 13.8. The van der Waals surface area contributed by atoms with Crippen molar-refractivity contribution in [1.82, 2.24) is 4.90 Å². The van der Waals surface area contributed by atoms with Gasteiger partial charge in [-0.3, -0.25) is 4.79 Å². The second-order valence-corrected chi connectivity index (χ2v) is 11.9. The van der Waals surface area contributed by atoms with Crippen molar-refractivity contribution in [1.29, 1.82) is 5.26 Å². The molecule has 0 amide bonds. The first-order valence-corrected chi connectivity index (χ1v) is 13.6. The lowest BCUT2D eigenvalue weighted by atomic mass is 10.1. The minimum absolute atomic E-state index is 0.0330. The average Bonchev–Trinajstić information content (AvgIpc) is 3.44. The Labute approximate surface area is 202 Å². The minimum atomic E-state index is -2.56. The van der Waals surface area contributed by atoms with Crippen molar-refractivity contribution >= 4 is 23.7 Å². The molecule has 0 unspecified atom stereocenters. The van der Waals surface area contributed by atoms with E-state index < -0.39 is 7.26 Å². The maximum atomic E-state index is 13.8. The van der Waals surface area contributed by atoms with Crippen molar-refractivity contribution in [2.24, 2.45) is 0 Å². The van der Waals surface area contributed by atoms with E-state index in [1.54, 1.807) is 7.11 Å². The number of carbonyl (C=O) groups is 1. The highest BCUT2D eigenvalue weighted by atomic mass is 31.2. The Bertz CT molecular complexity index is 1150. The van der Waals surface area contributed by atoms with E-state index in [9.17, 15) is 10.1 Å². The number of nitrogens with zero attached hydrogens (tertiary/aromatic N) is 2. The largest absolute Gasteiger partial charge is 0.497 e. The van der Waals surface area contributed by atoms with Gasteiger partial charge in [0, 0.05) is 18.7 Å². The van der Waals surface area contributed by atoms with Crippen LogP contribution in [0.1, 0.15) is 30.1 Å². The number of hydrogen-bond donors (Lipinski definition) is 0. The van der Waals surface area contributed by atoms with Crippen LogP contribution in [0.15, 0.2) is 95.9 Å². The standard InChI is InChI=1S/C29H30N2O2P/c1-23(31-19-9-10-20-31)29(21-30)34(26-11-5-3-6-12-26,27-13-7-4-8-14-27)22-28(32)24-15-17-25(33-2)18-16-24/h3-8,11-18H,9-10,19-20,22H2,1-2H3/q+1/b29-23-. The molecule has 1 saturated heterocycles. The summed E-state index contributed by atoms with van der Waals surface area (Å²) in [5.41, 5.74) is 1.64. The number of nitriles is 1. The summed E-state index contributed by atoms with van der Waals surface area (Å²) >= 11 is 0. The molecule has 0 radical (unpaired) electrons. The van der Waals surface area contributed by atoms with E-state index in [0.29, 0.717) is 11.3 Å². The van der Waals surface area contributed by atoms with Crippen LogP contribution >= 0.6 is 7.26 Å². The smallest absolute Gasteiger partial charge is 0.201 e.